The van der Waals surface area contributed by atoms with Gasteiger partial charge in [-0.15, -0.1) is 0 Å². The first-order valence-electron chi connectivity index (χ1n) is 5.04. The number of rotatable bonds is 4. The molecule has 1 aromatic carbocycles. The smallest absolute Gasteiger partial charge is 0.124 e. The summed E-state index contributed by atoms with van der Waals surface area (Å²) in [6, 6.07) is 9.67. The van der Waals surface area contributed by atoms with Crippen molar-refractivity contribution in [2.45, 2.75) is 13.3 Å². The third-order valence-electron chi connectivity index (χ3n) is 2.06. The monoisotopic (exact) mass is 203 g/mol. The van der Waals surface area contributed by atoms with Gasteiger partial charge in [0.15, 0.2) is 0 Å². The van der Waals surface area contributed by atoms with Crippen LogP contribution in [0.1, 0.15) is 13.3 Å². The predicted molar refractivity (Wildman–Crippen MR) is 57.7 cm³/mol. The topological polar surface area (TPSA) is 35.3 Å². The van der Waals surface area contributed by atoms with Gasteiger partial charge in [0, 0.05) is 11.6 Å². The van der Waals surface area contributed by atoms with Gasteiger partial charge in [0.2, 0.25) is 0 Å². The molecule has 2 aromatic rings. The average molecular weight is 203 g/mol. The van der Waals surface area contributed by atoms with Crippen molar-refractivity contribution < 1.29 is 9.26 Å². The molecule has 2 rings (SSSR count). The second-order valence-corrected chi connectivity index (χ2v) is 3.26. The lowest BCUT2D eigenvalue weighted by atomic mass is 10.1. The summed E-state index contributed by atoms with van der Waals surface area (Å²) in [6.07, 6.45) is 2.59. The number of hydrogen-bond acceptors (Lipinski definition) is 3. The first-order chi connectivity index (χ1) is 7.40. The number of hydrogen-bond donors (Lipinski definition) is 0. The third kappa shape index (κ3) is 2.37. The third-order valence-corrected chi connectivity index (χ3v) is 2.06. The lowest BCUT2D eigenvalue weighted by Gasteiger charge is -2.04. The Balaban J connectivity index is 2.11. The summed E-state index contributed by atoms with van der Waals surface area (Å²) in [5.74, 6) is 0.893. The van der Waals surface area contributed by atoms with Crippen molar-refractivity contribution in [3.05, 3.63) is 36.6 Å². The average Bonchev–Trinajstić information content (AvgIpc) is 2.80. The first kappa shape index (κ1) is 9.77. The molecule has 0 saturated carbocycles. The highest BCUT2D eigenvalue weighted by atomic mass is 16.5. The molecule has 0 spiro atoms. The number of aromatic nitrogens is 1. The maximum atomic E-state index is 5.48. The van der Waals surface area contributed by atoms with Crippen molar-refractivity contribution >= 4 is 0 Å². The minimum atomic E-state index is 0.753. The van der Waals surface area contributed by atoms with E-state index < -0.39 is 0 Å². The Morgan fingerprint density at radius 1 is 1.20 bits per heavy atom. The van der Waals surface area contributed by atoms with Crippen LogP contribution >= 0.6 is 0 Å². The summed E-state index contributed by atoms with van der Waals surface area (Å²) in [4.78, 5) is 0. The number of ether oxygens (including phenoxy) is 1. The van der Waals surface area contributed by atoms with Crippen molar-refractivity contribution in [3.8, 4) is 17.0 Å². The van der Waals surface area contributed by atoms with Crippen LogP contribution < -0.4 is 4.74 Å². The summed E-state index contributed by atoms with van der Waals surface area (Å²) >= 11 is 0. The second kappa shape index (κ2) is 4.64. The van der Waals surface area contributed by atoms with Gasteiger partial charge in [0.05, 0.1) is 6.61 Å². The van der Waals surface area contributed by atoms with Crippen molar-refractivity contribution in [3.63, 3.8) is 0 Å². The van der Waals surface area contributed by atoms with E-state index in [0.717, 1.165) is 30.0 Å². The molecule has 0 aliphatic rings. The lowest BCUT2D eigenvalue weighted by molar-refractivity contribution is 0.317. The van der Waals surface area contributed by atoms with Crippen LogP contribution in [0.2, 0.25) is 0 Å². The molecule has 3 heteroatoms. The van der Waals surface area contributed by atoms with Crippen molar-refractivity contribution in [1.29, 1.82) is 0 Å². The Morgan fingerprint density at radius 3 is 2.60 bits per heavy atom. The zero-order valence-corrected chi connectivity index (χ0v) is 8.64. The van der Waals surface area contributed by atoms with Crippen LogP contribution in [-0.4, -0.2) is 11.8 Å². The van der Waals surface area contributed by atoms with E-state index in [-0.39, 0.29) is 0 Å². The van der Waals surface area contributed by atoms with E-state index >= 15 is 0 Å². The zero-order valence-electron chi connectivity index (χ0n) is 8.64. The van der Waals surface area contributed by atoms with E-state index in [1.165, 1.54) is 0 Å². The SMILES string of the molecule is CCCOc1ccc(-c2ccon2)cc1. The summed E-state index contributed by atoms with van der Waals surface area (Å²) < 4.78 is 10.3. The molecule has 0 unspecified atom stereocenters. The molecule has 1 heterocycles. The normalized spacial score (nSPS) is 10.2. The van der Waals surface area contributed by atoms with Crippen molar-refractivity contribution in [2.24, 2.45) is 0 Å². The van der Waals surface area contributed by atoms with Crippen LogP contribution in [0, 0.1) is 0 Å². The molecule has 0 amide bonds. The lowest BCUT2D eigenvalue weighted by Crippen LogP contribution is -1.94. The molecule has 0 N–H and O–H groups in total. The van der Waals surface area contributed by atoms with Gasteiger partial charge in [0.25, 0.3) is 0 Å². The summed E-state index contributed by atoms with van der Waals surface area (Å²) in [5, 5.41) is 3.86. The van der Waals surface area contributed by atoms with E-state index in [9.17, 15) is 0 Å². The fraction of sp³-hybridized carbons (Fsp3) is 0.250. The van der Waals surface area contributed by atoms with Gasteiger partial charge in [-0.25, -0.2) is 0 Å². The first-order valence-corrected chi connectivity index (χ1v) is 5.04. The molecule has 3 nitrogen and oxygen atoms in total. The van der Waals surface area contributed by atoms with Gasteiger partial charge in [-0.05, 0) is 30.7 Å². The fourth-order valence-electron chi connectivity index (χ4n) is 1.30. The molecule has 0 fully saturated rings. The van der Waals surface area contributed by atoms with E-state index in [1.807, 2.05) is 30.3 Å². The largest absolute Gasteiger partial charge is 0.494 e. The molecular formula is C12H13NO2. The minimum absolute atomic E-state index is 0.753. The van der Waals surface area contributed by atoms with Gasteiger partial charge in [0.1, 0.15) is 17.7 Å². The van der Waals surface area contributed by atoms with E-state index in [1.54, 1.807) is 6.26 Å². The van der Waals surface area contributed by atoms with Crippen LogP contribution in [0.3, 0.4) is 0 Å². The van der Waals surface area contributed by atoms with Crippen molar-refractivity contribution in [1.82, 2.24) is 5.16 Å². The summed E-state index contributed by atoms with van der Waals surface area (Å²) in [7, 11) is 0. The highest BCUT2D eigenvalue weighted by Crippen LogP contribution is 2.20. The maximum Gasteiger partial charge on any atom is 0.124 e. The fourth-order valence-corrected chi connectivity index (χ4v) is 1.30. The van der Waals surface area contributed by atoms with Gasteiger partial charge >= 0.3 is 0 Å². The Kier molecular flexibility index (Phi) is 3.02. The Bertz CT molecular complexity index is 392. The van der Waals surface area contributed by atoms with Crippen LogP contribution in [0.25, 0.3) is 11.3 Å². The van der Waals surface area contributed by atoms with Gasteiger partial charge in [-0.3, -0.25) is 0 Å². The molecule has 1 aromatic heterocycles. The molecule has 78 valence electrons. The number of nitrogens with zero attached hydrogens (tertiary/aromatic N) is 1. The van der Waals surface area contributed by atoms with Gasteiger partial charge in [-0.2, -0.15) is 0 Å². The number of benzene rings is 1. The molecular weight excluding hydrogens is 190 g/mol. The molecule has 0 bridgehead atoms. The standard InChI is InChI=1S/C12H13NO2/c1-2-8-14-11-5-3-10(4-6-11)12-7-9-15-13-12/h3-7,9H,2,8H2,1H3. The highest BCUT2D eigenvalue weighted by Gasteiger charge is 2.00. The van der Waals surface area contributed by atoms with Gasteiger partial charge in [-0.1, -0.05) is 12.1 Å². The maximum absolute atomic E-state index is 5.48. The quantitative estimate of drug-likeness (QED) is 0.765. The van der Waals surface area contributed by atoms with E-state index in [0.29, 0.717) is 0 Å². The second-order valence-electron chi connectivity index (χ2n) is 3.26. The predicted octanol–water partition coefficient (Wildman–Crippen LogP) is 3.13. The molecule has 0 radical (unpaired) electrons. The Labute approximate surface area is 88.7 Å². The minimum Gasteiger partial charge on any atom is -0.494 e. The van der Waals surface area contributed by atoms with Crippen LogP contribution in [0.5, 0.6) is 5.75 Å². The van der Waals surface area contributed by atoms with Crippen LogP contribution in [-0.2, 0) is 0 Å². The zero-order chi connectivity index (χ0) is 10.5. The highest BCUT2D eigenvalue weighted by molar-refractivity contribution is 5.58. The summed E-state index contributed by atoms with van der Waals surface area (Å²) in [6.45, 7) is 2.84. The molecule has 0 aliphatic carbocycles. The van der Waals surface area contributed by atoms with E-state index in [2.05, 4.69) is 12.1 Å². The Hall–Kier alpha value is -1.77. The molecule has 15 heavy (non-hydrogen) atoms. The van der Waals surface area contributed by atoms with Crippen molar-refractivity contribution in [2.75, 3.05) is 6.61 Å². The van der Waals surface area contributed by atoms with E-state index in [4.69, 9.17) is 9.26 Å². The Morgan fingerprint density at radius 2 is 2.00 bits per heavy atom. The van der Waals surface area contributed by atoms with Crippen LogP contribution in [0.15, 0.2) is 41.1 Å². The molecule has 0 atom stereocenters. The summed E-state index contributed by atoms with van der Waals surface area (Å²) in [5.41, 5.74) is 1.88. The van der Waals surface area contributed by atoms with Gasteiger partial charge < -0.3 is 9.26 Å². The molecule has 0 saturated heterocycles. The molecule has 0 aliphatic heterocycles. The van der Waals surface area contributed by atoms with Crippen LogP contribution in [0.4, 0.5) is 0 Å².